The van der Waals surface area contributed by atoms with Crippen LogP contribution in [0.2, 0.25) is 5.02 Å². The number of amides is 1. The van der Waals surface area contributed by atoms with Crippen molar-refractivity contribution < 1.29 is 24.4 Å². The van der Waals surface area contributed by atoms with E-state index in [1.54, 1.807) is 48.5 Å². The summed E-state index contributed by atoms with van der Waals surface area (Å²) in [6.07, 6.45) is 0. The molecule has 1 atom stereocenters. The molecule has 1 fully saturated rings. The Morgan fingerprint density at radius 3 is 2.70 bits per heavy atom. The molecular weight excluding hydrogens is 518 g/mol. The summed E-state index contributed by atoms with van der Waals surface area (Å²) in [5.74, 6) is -1.81. The highest BCUT2D eigenvalue weighted by Gasteiger charge is 2.48. The van der Waals surface area contributed by atoms with E-state index in [1.165, 1.54) is 18.2 Å². The van der Waals surface area contributed by atoms with Crippen LogP contribution in [0.15, 0.2) is 72.3 Å². The van der Waals surface area contributed by atoms with Crippen LogP contribution in [0.1, 0.15) is 24.1 Å². The molecule has 0 spiro atoms. The van der Waals surface area contributed by atoms with Crippen LogP contribution in [0.25, 0.3) is 16.0 Å². The molecule has 1 aromatic heterocycles. The Morgan fingerprint density at radius 1 is 1.16 bits per heavy atom. The molecule has 5 rings (SSSR count). The maximum Gasteiger partial charge on any atom is 0.301 e. The maximum atomic E-state index is 13.4. The molecule has 1 N–H and O–H groups in total. The number of aromatic nitrogens is 1. The number of Topliss-reactive ketones (excluding diaryl/α,β-unsaturated/α-hetero) is 1. The molecule has 3 aromatic carbocycles. The molecule has 2 heterocycles. The van der Waals surface area contributed by atoms with E-state index in [-0.39, 0.29) is 27.5 Å². The molecule has 0 radical (unpaired) electrons. The van der Waals surface area contributed by atoms with Crippen molar-refractivity contribution in [2.75, 3.05) is 11.5 Å². The number of hydrogen-bond donors (Lipinski definition) is 1. The lowest BCUT2D eigenvalue weighted by Gasteiger charge is -2.22. The number of thiazole rings is 1. The molecular formula is C26H18ClN3O6S. The van der Waals surface area contributed by atoms with E-state index >= 15 is 0 Å². The zero-order chi connectivity index (χ0) is 26.3. The van der Waals surface area contributed by atoms with Gasteiger partial charge < -0.3 is 9.84 Å². The summed E-state index contributed by atoms with van der Waals surface area (Å²) in [7, 11) is 0. The summed E-state index contributed by atoms with van der Waals surface area (Å²) in [5.41, 5.74) is 0.658. The van der Waals surface area contributed by atoms with E-state index < -0.39 is 28.4 Å². The molecule has 0 aliphatic carbocycles. The Morgan fingerprint density at radius 2 is 1.95 bits per heavy atom. The van der Waals surface area contributed by atoms with Crippen LogP contribution in [-0.4, -0.2) is 33.3 Å². The van der Waals surface area contributed by atoms with Crippen molar-refractivity contribution in [2.45, 2.75) is 13.0 Å². The number of halogens is 1. The van der Waals surface area contributed by atoms with Gasteiger partial charge in [0.25, 0.3) is 11.5 Å². The van der Waals surface area contributed by atoms with E-state index in [9.17, 15) is 24.8 Å². The number of carbonyl (C=O) groups excluding carboxylic acids is 2. The van der Waals surface area contributed by atoms with Crippen molar-refractivity contribution in [2.24, 2.45) is 0 Å². The topological polar surface area (TPSA) is 123 Å². The second-order valence-corrected chi connectivity index (χ2v) is 9.54. The summed E-state index contributed by atoms with van der Waals surface area (Å²) in [4.78, 5) is 43.4. The van der Waals surface area contributed by atoms with Gasteiger partial charge in [-0.3, -0.25) is 24.6 Å². The standard InChI is InChI=1S/C26H18ClN3O6S/c1-2-36-18-8-4-6-15(12-18)23(31)21-22(14-5-3-7-17(11-14)30(34)35)29(25(33)24(21)32)26-28-19-10-9-16(27)13-20(19)37-26/h3-13,22,31H,2H2,1H3. The fourth-order valence-corrected chi connectivity index (χ4v) is 5.47. The number of anilines is 1. The Bertz CT molecular complexity index is 1610. The number of benzene rings is 3. The van der Waals surface area contributed by atoms with Gasteiger partial charge in [-0.2, -0.15) is 0 Å². The quantitative estimate of drug-likeness (QED) is 0.107. The zero-order valence-electron chi connectivity index (χ0n) is 19.3. The van der Waals surface area contributed by atoms with Crippen LogP contribution in [0.3, 0.4) is 0 Å². The summed E-state index contributed by atoms with van der Waals surface area (Å²) in [6, 6.07) is 16.0. The third kappa shape index (κ3) is 4.41. The zero-order valence-corrected chi connectivity index (χ0v) is 20.8. The Kier molecular flexibility index (Phi) is 6.36. The first kappa shape index (κ1) is 24.4. The van der Waals surface area contributed by atoms with Gasteiger partial charge in [0.2, 0.25) is 0 Å². The van der Waals surface area contributed by atoms with Gasteiger partial charge in [-0.05, 0) is 42.8 Å². The Balaban J connectivity index is 1.73. The van der Waals surface area contributed by atoms with Crippen molar-refractivity contribution >= 4 is 61.4 Å². The molecule has 1 unspecified atom stereocenters. The molecule has 4 aromatic rings. The van der Waals surface area contributed by atoms with E-state index in [2.05, 4.69) is 4.98 Å². The number of nitro groups is 1. The number of hydrogen-bond acceptors (Lipinski definition) is 8. The average Bonchev–Trinajstić information content (AvgIpc) is 3.41. The van der Waals surface area contributed by atoms with Crippen molar-refractivity contribution in [3.8, 4) is 5.75 Å². The van der Waals surface area contributed by atoms with Crippen LogP contribution in [0.5, 0.6) is 5.75 Å². The molecule has 1 saturated heterocycles. The normalized spacial score (nSPS) is 16.9. The van der Waals surface area contributed by atoms with Gasteiger partial charge in [0, 0.05) is 22.7 Å². The minimum absolute atomic E-state index is 0.193. The second-order valence-electron chi connectivity index (χ2n) is 8.09. The van der Waals surface area contributed by atoms with Crippen molar-refractivity contribution in [3.63, 3.8) is 0 Å². The molecule has 1 amide bonds. The van der Waals surface area contributed by atoms with Crippen molar-refractivity contribution in [1.82, 2.24) is 4.98 Å². The van der Waals surface area contributed by atoms with Gasteiger partial charge in [-0.25, -0.2) is 4.98 Å². The largest absolute Gasteiger partial charge is 0.507 e. The SMILES string of the molecule is CCOc1cccc(C(O)=C2C(=O)C(=O)N(c3nc4ccc(Cl)cc4s3)C2c2cccc([N+](=O)[O-])c2)c1. The Hall–Kier alpha value is -4.28. The van der Waals surface area contributed by atoms with E-state index in [0.717, 1.165) is 16.2 Å². The van der Waals surface area contributed by atoms with Crippen molar-refractivity contribution in [1.29, 1.82) is 0 Å². The minimum atomic E-state index is -1.16. The lowest BCUT2D eigenvalue weighted by molar-refractivity contribution is -0.384. The summed E-state index contributed by atoms with van der Waals surface area (Å²) >= 11 is 7.25. The highest BCUT2D eigenvalue weighted by molar-refractivity contribution is 7.22. The van der Waals surface area contributed by atoms with Gasteiger partial charge in [-0.15, -0.1) is 0 Å². The molecule has 1 aliphatic heterocycles. The second kappa shape index (κ2) is 9.64. The summed E-state index contributed by atoms with van der Waals surface area (Å²) in [6.45, 7) is 2.20. The Labute approximate surface area is 219 Å². The first-order valence-electron chi connectivity index (χ1n) is 11.1. The van der Waals surface area contributed by atoms with Gasteiger partial charge in [0.1, 0.15) is 11.5 Å². The monoisotopic (exact) mass is 535 g/mol. The number of ether oxygens (including phenoxy) is 1. The third-order valence-electron chi connectivity index (χ3n) is 5.80. The van der Waals surface area contributed by atoms with Gasteiger partial charge >= 0.3 is 5.91 Å². The fraction of sp³-hybridized carbons (Fsp3) is 0.115. The molecule has 1 aliphatic rings. The number of non-ortho nitro benzene ring substituents is 1. The van der Waals surface area contributed by atoms with E-state index in [4.69, 9.17) is 16.3 Å². The van der Waals surface area contributed by atoms with Crippen LogP contribution >= 0.6 is 22.9 Å². The smallest absolute Gasteiger partial charge is 0.301 e. The number of ketones is 1. The third-order valence-corrected chi connectivity index (χ3v) is 7.06. The van der Waals surface area contributed by atoms with Crippen LogP contribution in [0, 0.1) is 10.1 Å². The predicted molar refractivity (Wildman–Crippen MR) is 140 cm³/mol. The lowest BCUT2D eigenvalue weighted by Crippen LogP contribution is -2.29. The highest BCUT2D eigenvalue weighted by atomic mass is 35.5. The molecule has 0 saturated carbocycles. The highest BCUT2D eigenvalue weighted by Crippen LogP contribution is 2.45. The molecule has 37 heavy (non-hydrogen) atoms. The molecule has 11 heteroatoms. The number of nitro benzene ring substituents is 1. The summed E-state index contributed by atoms with van der Waals surface area (Å²) in [5, 5.41) is 23.5. The number of carbonyl (C=O) groups is 2. The van der Waals surface area contributed by atoms with Crippen molar-refractivity contribution in [3.05, 3.63) is 98.6 Å². The van der Waals surface area contributed by atoms with Gasteiger partial charge in [0.05, 0.1) is 33.4 Å². The predicted octanol–water partition coefficient (Wildman–Crippen LogP) is 5.88. The molecule has 186 valence electrons. The minimum Gasteiger partial charge on any atom is -0.507 e. The first-order valence-corrected chi connectivity index (χ1v) is 12.3. The maximum absolute atomic E-state index is 13.4. The fourth-order valence-electron chi connectivity index (χ4n) is 4.20. The number of aliphatic hydroxyl groups excluding tert-OH is 1. The number of fused-ring (bicyclic) bond motifs is 1. The summed E-state index contributed by atoms with van der Waals surface area (Å²) < 4.78 is 6.19. The van der Waals surface area contributed by atoms with Crippen LogP contribution < -0.4 is 9.64 Å². The van der Waals surface area contributed by atoms with Crippen LogP contribution in [0.4, 0.5) is 10.8 Å². The lowest BCUT2D eigenvalue weighted by atomic mass is 9.95. The molecule has 0 bridgehead atoms. The van der Waals surface area contributed by atoms with Crippen LogP contribution in [-0.2, 0) is 9.59 Å². The van der Waals surface area contributed by atoms with E-state index in [1.807, 2.05) is 6.92 Å². The van der Waals surface area contributed by atoms with Gasteiger partial charge in [-0.1, -0.05) is 47.2 Å². The number of rotatable bonds is 6. The number of aliphatic hydroxyl groups is 1. The van der Waals surface area contributed by atoms with Gasteiger partial charge in [0.15, 0.2) is 5.13 Å². The average molecular weight is 536 g/mol. The van der Waals surface area contributed by atoms with E-state index in [0.29, 0.717) is 27.6 Å². The first-order chi connectivity index (χ1) is 17.8. The molecule has 9 nitrogen and oxygen atoms in total. The number of nitrogens with zero attached hydrogens (tertiary/aromatic N) is 3.